The second kappa shape index (κ2) is 6.06. The van der Waals surface area contributed by atoms with Crippen LogP contribution in [0.2, 0.25) is 0 Å². The first-order chi connectivity index (χ1) is 11.1. The van der Waals surface area contributed by atoms with Crippen LogP contribution < -0.4 is 5.32 Å². The van der Waals surface area contributed by atoms with Gasteiger partial charge in [0.2, 0.25) is 10.0 Å². The molecule has 0 amide bonds. The number of nitrogens with one attached hydrogen (secondary N) is 1. The summed E-state index contributed by atoms with van der Waals surface area (Å²) >= 11 is 0. The molecule has 0 spiro atoms. The van der Waals surface area contributed by atoms with Crippen molar-refractivity contribution in [2.75, 3.05) is 18.4 Å². The summed E-state index contributed by atoms with van der Waals surface area (Å²) in [5.74, 6) is 2.40. The predicted octanol–water partition coefficient (Wildman–Crippen LogP) is 2.86. The number of aromatic nitrogens is 1. The molecule has 3 fully saturated rings. The number of hydrogen-bond acceptors (Lipinski definition) is 4. The van der Waals surface area contributed by atoms with Gasteiger partial charge in [-0.15, -0.1) is 0 Å². The van der Waals surface area contributed by atoms with Gasteiger partial charge < -0.3 is 5.32 Å². The average molecular weight is 335 g/mol. The Bertz CT molecular complexity index is 633. The smallest absolute Gasteiger partial charge is 0.244 e. The predicted molar refractivity (Wildman–Crippen MR) is 89.7 cm³/mol. The first kappa shape index (κ1) is 15.4. The summed E-state index contributed by atoms with van der Waals surface area (Å²) in [6, 6.07) is 4.07. The van der Waals surface area contributed by atoms with Crippen LogP contribution in [0, 0.1) is 11.8 Å². The van der Waals surface area contributed by atoms with Gasteiger partial charge in [0.15, 0.2) is 0 Å². The Morgan fingerprint density at radius 1 is 1.04 bits per heavy atom. The van der Waals surface area contributed by atoms with Crippen LogP contribution in [0.15, 0.2) is 23.2 Å². The summed E-state index contributed by atoms with van der Waals surface area (Å²) in [4.78, 5) is 4.70. The molecule has 3 aliphatic rings. The summed E-state index contributed by atoms with van der Waals surface area (Å²) in [5, 5.41) is 3.54. The second-order valence-corrected chi connectivity index (χ2v) is 9.13. The minimum atomic E-state index is -3.37. The topological polar surface area (TPSA) is 62.3 Å². The van der Waals surface area contributed by atoms with Crippen molar-refractivity contribution in [2.45, 2.75) is 55.9 Å². The van der Waals surface area contributed by atoms with E-state index >= 15 is 0 Å². The van der Waals surface area contributed by atoms with Crippen LogP contribution in [0.25, 0.3) is 0 Å². The first-order valence-electron chi connectivity index (χ1n) is 8.87. The number of pyridine rings is 1. The lowest BCUT2D eigenvalue weighted by Gasteiger charge is -2.25. The maximum absolute atomic E-state index is 12.6. The quantitative estimate of drug-likeness (QED) is 0.868. The lowest BCUT2D eigenvalue weighted by Crippen LogP contribution is -2.35. The number of nitrogens with zero attached hydrogens (tertiary/aromatic N) is 2. The van der Waals surface area contributed by atoms with Crippen molar-refractivity contribution < 1.29 is 8.42 Å². The standard InChI is InChI=1S/C17H25N3O2S/c21-23(22,20-10-2-1-3-11-20)15-8-9-16(18-12-15)19-17(13-4-5-13)14-6-7-14/h8-9,12-14,17H,1-7,10-11H2,(H,18,19). The van der Waals surface area contributed by atoms with E-state index in [-0.39, 0.29) is 0 Å². The molecule has 0 radical (unpaired) electrons. The Kier molecular flexibility index (Phi) is 4.05. The van der Waals surface area contributed by atoms with Crippen LogP contribution in [-0.4, -0.2) is 36.8 Å². The molecule has 0 atom stereocenters. The maximum atomic E-state index is 12.6. The van der Waals surface area contributed by atoms with Crippen LogP contribution >= 0.6 is 0 Å². The van der Waals surface area contributed by atoms with Crippen LogP contribution in [0.5, 0.6) is 0 Å². The molecule has 1 aromatic rings. The van der Waals surface area contributed by atoms with E-state index in [1.807, 2.05) is 6.07 Å². The van der Waals surface area contributed by atoms with Crippen molar-refractivity contribution >= 4 is 15.8 Å². The molecule has 1 saturated heterocycles. The third-order valence-electron chi connectivity index (χ3n) is 5.26. The van der Waals surface area contributed by atoms with Gasteiger partial charge in [-0.05, 0) is 62.5 Å². The van der Waals surface area contributed by atoms with E-state index in [4.69, 9.17) is 0 Å². The Hall–Kier alpha value is -1.14. The Labute approximate surface area is 138 Å². The minimum absolute atomic E-state index is 0.319. The van der Waals surface area contributed by atoms with E-state index in [2.05, 4.69) is 10.3 Å². The monoisotopic (exact) mass is 335 g/mol. The third kappa shape index (κ3) is 3.38. The maximum Gasteiger partial charge on any atom is 0.244 e. The Morgan fingerprint density at radius 3 is 2.22 bits per heavy atom. The summed E-state index contributed by atoms with van der Waals surface area (Å²) < 4.78 is 26.8. The highest BCUT2D eigenvalue weighted by molar-refractivity contribution is 7.89. The molecule has 2 saturated carbocycles. The molecule has 0 aromatic carbocycles. The van der Waals surface area contributed by atoms with Gasteiger partial charge in [0, 0.05) is 25.3 Å². The van der Waals surface area contributed by atoms with Gasteiger partial charge in [0.05, 0.1) is 0 Å². The SMILES string of the molecule is O=S(=O)(c1ccc(NC(C2CC2)C2CC2)nc1)N1CCCCC1. The number of sulfonamides is 1. The Morgan fingerprint density at radius 2 is 1.70 bits per heavy atom. The second-order valence-electron chi connectivity index (χ2n) is 7.19. The zero-order valence-electron chi connectivity index (χ0n) is 13.4. The van der Waals surface area contributed by atoms with Crippen LogP contribution in [0.3, 0.4) is 0 Å². The summed E-state index contributed by atoms with van der Waals surface area (Å²) in [5.41, 5.74) is 0. The fourth-order valence-corrected chi connectivity index (χ4v) is 5.04. The molecule has 23 heavy (non-hydrogen) atoms. The highest BCUT2D eigenvalue weighted by Crippen LogP contribution is 2.45. The average Bonchev–Trinajstić information content (AvgIpc) is 3.48. The van der Waals surface area contributed by atoms with Crippen LogP contribution in [0.4, 0.5) is 5.82 Å². The van der Waals surface area contributed by atoms with Gasteiger partial charge in [-0.1, -0.05) is 6.42 Å². The van der Waals surface area contributed by atoms with E-state index in [0.29, 0.717) is 24.0 Å². The number of anilines is 1. The summed E-state index contributed by atoms with van der Waals surface area (Å²) in [6.45, 7) is 1.27. The molecule has 0 bridgehead atoms. The van der Waals surface area contributed by atoms with Gasteiger partial charge in [0.25, 0.3) is 0 Å². The van der Waals surface area contributed by atoms with E-state index in [9.17, 15) is 8.42 Å². The minimum Gasteiger partial charge on any atom is -0.367 e. The van der Waals surface area contributed by atoms with Crippen molar-refractivity contribution in [1.29, 1.82) is 0 Å². The van der Waals surface area contributed by atoms with Gasteiger partial charge in [-0.25, -0.2) is 13.4 Å². The van der Waals surface area contributed by atoms with Crippen molar-refractivity contribution in [3.05, 3.63) is 18.3 Å². The fraction of sp³-hybridized carbons (Fsp3) is 0.706. The highest BCUT2D eigenvalue weighted by atomic mass is 32.2. The molecule has 1 N–H and O–H groups in total. The third-order valence-corrected chi connectivity index (χ3v) is 7.15. The fourth-order valence-electron chi connectivity index (χ4n) is 3.57. The molecular weight excluding hydrogens is 310 g/mol. The lowest BCUT2D eigenvalue weighted by atomic mass is 10.1. The van der Waals surface area contributed by atoms with Gasteiger partial charge in [0.1, 0.15) is 10.7 Å². The number of rotatable bonds is 6. The number of piperidine rings is 1. The molecule has 4 rings (SSSR count). The molecule has 6 heteroatoms. The van der Waals surface area contributed by atoms with Crippen molar-refractivity contribution in [3.63, 3.8) is 0 Å². The van der Waals surface area contributed by atoms with E-state index < -0.39 is 10.0 Å². The normalized spacial score (nSPS) is 23.2. The Balaban J connectivity index is 1.46. The van der Waals surface area contributed by atoms with Crippen molar-refractivity contribution in [1.82, 2.24) is 9.29 Å². The summed E-state index contributed by atoms with van der Waals surface area (Å²) in [6.07, 6.45) is 9.81. The lowest BCUT2D eigenvalue weighted by molar-refractivity contribution is 0.346. The molecule has 5 nitrogen and oxygen atoms in total. The zero-order chi connectivity index (χ0) is 15.9. The highest BCUT2D eigenvalue weighted by Gasteiger charge is 2.41. The molecule has 126 valence electrons. The summed E-state index contributed by atoms with van der Waals surface area (Å²) in [7, 11) is -3.37. The molecule has 2 aliphatic carbocycles. The van der Waals surface area contributed by atoms with E-state index in [0.717, 1.165) is 36.9 Å². The molecule has 1 aliphatic heterocycles. The zero-order valence-corrected chi connectivity index (χ0v) is 14.3. The van der Waals surface area contributed by atoms with E-state index in [1.165, 1.54) is 31.9 Å². The van der Waals surface area contributed by atoms with Gasteiger partial charge in [-0.3, -0.25) is 0 Å². The number of hydrogen-bond donors (Lipinski definition) is 1. The molecule has 0 unspecified atom stereocenters. The van der Waals surface area contributed by atoms with Gasteiger partial charge >= 0.3 is 0 Å². The molecule has 2 heterocycles. The van der Waals surface area contributed by atoms with Gasteiger partial charge in [-0.2, -0.15) is 4.31 Å². The first-order valence-corrected chi connectivity index (χ1v) is 10.3. The van der Waals surface area contributed by atoms with Crippen LogP contribution in [0.1, 0.15) is 44.9 Å². The molecular formula is C17H25N3O2S. The van der Waals surface area contributed by atoms with E-state index in [1.54, 1.807) is 10.4 Å². The van der Waals surface area contributed by atoms with Crippen molar-refractivity contribution in [3.8, 4) is 0 Å². The largest absolute Gasteiger partial charge is 0.367 e. The van der Waals surface area contributed by atoms with Crippen LogP contribution in [-0.2, 0) is 10.0 Å². The van der Waals surface area contributed by atoms with Crippen molar-refractivity contribution in [2.24, 2.45) is 11.8 Å². The molecule has 1 aromatic heterocycles.